The number of aryl methyl sites for hydroxylation is 1. The molecule has 1 aliphatic heterocycles. The number of aliphatic carboxylic acids is 1. The number of methoxy groups -OCH3 is 2. The minimum Gasteiger partial charge on any atom is -0.496 e. The standard InChI is InChI=1S/C27H29F2NO4/c1-33-23-11-9-19(17-30-15-13-27(28,29)14-16-30)26(34-2)25(23)22-8-4-6-20-18(10-12-24(31)32)5-3-7-21(20)22/h3-9,11H,10,12-17H2,1-2H3,(H,31,32). The number of nitrogens with zero attached hydrogens (tertiary/aromatic N) is 1. The maximum Gasteiger partial charge on any atom is 0.303 e. The van der Waals surface area contributed by atoms with Gasteiger partial charge in [0.1, 0.15) is 11.5 Å². The molecule has 1 aliphatic rings. The Hall–Kier alpha value is -3.19. The number of carboxylic acids is 1. The van der Waals surface area contributed by atoms with Gasteiger partial charge in [-0.25, -0.2) is 8.78 Å². The van der Waals surface area contributed by atoms with Gasteiger partial charge in [-0.05, 0) is 34.4 Å². The van der Waals surface area contributed by atoms with Gasteiger partial charge in [-0.15, -0.1) is 0 Å². The molecule has 180 valence electrons. The van der Waals surface area contributed by atoms with Gasteiger partial charge < -0.3 is 14.6 Å². The van der Waals surface area contributed by atoms with Crippen molar-refractivity contribution in [2.75, 3.05) is 27.3 Å². The largest absolute Gasteiger partial charge is 0.496 e. The first-order valence-electron chi connectivity index (χ1n) is 11.4. The number of hydrogen-bond donors (Lipinski definition) is 1. The van der Waals surface area contributed by atoms with Crippen LogP contribution in [0.1, 0.15) is 30.4 Å². The van der Waals surface area contributed by atoms with Crippen LogP contribution in [-0.4, -0.2) is 49.2 Å². The Morgan fingerprint density at radius 3 is 2.35 bits per heavy atom. The van der Waals surface area contributed by atoms with Crippen LogP contribution >= 0.6 is 0 Å². The molecule has 4 rings (SSSR count). The lowest BCUT2D eigenvalue weighted by molar-refractivity contribution is -0.136. The summed E-state index contributed by atoms with van der Waals surface area (Å²) in [6.45, 7) is 1.17. The van der Waals surface area contributed by atoms with Crippen LogP contribution in [0.5, 0.6) is 11.5 Å². The van der Waals surface area contributed by atoms with Crippen molar-refractivity contribution in [1.29, 1.82) is 0 Å². The second kappa shape index (κ2) is 9.97. The molecule has 0 unspecified atom stereocenters. The Balaban J connectivity index is 1.78. The molecule has 3 aromatic rings. The summed E-state index contributed by atoms with van der Waals surface area (Å²) in [5.74, 6) is -2.12. The molecule has 0 amide bonds. The summed E-state index contributed by atoms with van der Waals surface area (Å²) in [5, 5.41) is 11.1. The smallest absolute Gasteiger partial charge is 0.303 e. The molecule has 34 heavy (non-hydrogen) atoms. The Bertz CT molecular complexity index is 1180. The maximum atomic E-state index is 13.6. The second-order valence-corrected chi connectivity index (χ2v) is 8.68. The minimum atomic E-state index is -2.59. The highest BCUT2D eigenvalue weighted by atomic mass is 19.3. The molecule has 0 spiro atoms. The zero-order valence-electron chi connectivity index (χ0n) is 19.4. The number of alkyl halides is 2. The topological polar surface area (TPSA) is 59.0 Å². The molecule has 1 saturated heterocycles. The molecule has 3 aromatic carbocycles. The lowest BCUT2D eigenvalue weighted by Gasteiger charge is -2.32. The van der Waals surface area contributed by atoms with Crippen molar-refractivity contribution in [3.05, 3.63) is 59.7 Å². The highest BCUT2D eigenvalue weighted by Gasteiger charge is 2.34. The van der Waals surface area contributed by atoms with E-state index < -0.39 is 11.9 Å². The molecule has 1 heterocycles. The molecule has 0 aliphatic carbocycles. The summed E-state index contributed by atoms with van der Waals surface area (Å²) >= 11 is 0. The first kappa shape index (κ1) is 24.0. The number of benzene rings is 3. The van der Waals surface area contributed by atoms with Crippen molar-refractivity contribution in [3.63, 3.8) is 0 Å². The predicted molar refractivity (Wildman–Crippen MR) is 128 cm³/mol. The molecule has 1 N–H and O–H groups in total. The number of rotatable bonds is 8. The third-order valence-electron chi connectivity index (χ3n) is 6.50. The van der Waals surface area contributed by atoms with Gasteiger partial charge in [0.15, 0.2) is 0 Å². The van der Waals surface area contributed by atoms with Crippen LogP contribution in [0.15, 0.2) is 48.5 Å². The summed E-state index contributed by atoms with van der Waals surface area (Å²) in [6.07, 6.45) is 0.214. The summed E-state index contributed by atoms with van der Waals surface area (Å²) in [4.78, 5) is 13.1. The number of carbonyl (C=O) groups is 1. The van der Waals surface area contributed by atoms with Crippen molar-refractivity contribution in [3.8, 4) is 22.6 Å². The summed E-state index contributed by atoms with van der Waals surface area (Å²) in [7, 11) is 3.21. The highest BCUT2D eigenvalue weighted by Crippen LogP contribution is 2.44. The SMILES string of the molecule is COc1ccc(CN2CCC(F)(F)CC2)c(OC)c1-c1cccc2c(CCC(=O)O)cccc12. The predicted octanol–water partition coefficient (Wildman–Crippen LogP) is 5.77. The van der Waals surface area contributed by atoms with E-state index in [1.54, 1.807) is 14.2 Å². The molecule has 5 nitrogen and oxygen atoms in total. The summed E-state index contributed by atoms with van der Waals surface area (Å²) in [5.41, 5.74) is 3.58. The van der Waals surface area contributed by atoms with Crippen LogP contribution < -0.4 is 9.47 Å². The van der Waals surface area contributed by atoms with E-state index in [9.17, 15) is 13.6 Å². The fourth-order valence-corrected chi connectivity index (χ4v) is 4.72. The van der Waals surface area contributed by atoms with E-state index in [2.05, 4.69) is 0 Å². The first-order valence-corrected chi connectivity index (χ1v) is 11.4. The van der Waals surface area contributed by atoms with E-state index in [1.807, 2.05) is 53.4 Å². The second-order valence-electron chi connectivity index (χ2n) is 8.68. The quantitative estimate of drug-likeness (QED) is 0.454. The Morgan fingerprint density at radius 2 is 1.68 bits per heavy atom. The number of likely N-dealkylation sites (tertiary alicyclic amines) is 1. The van der Waals surface area contributed by atoms with Gasteiger partial charge in [0, 0.05) is 44.5 Å². The van der Waals surface area contributed by atoms with E-state index in [4.69, 9.17) is 14.6 Å². The molecule has 0 atom stereocenters. The molecule has 0 bridgehead atoms. The van der Waals surface area contributed by atoms with E-state index in [-0.39, 0.29) is 19.3 Å². The van der Waals surface area contributed by atoms with Crippen LogP contribution in [0.4, 0.5) is 8.78 Å². The summed E-state index contributed by atoms with van der Waals surface area (Å²) in [6, 6.07) is 15.6. The van der Waals surface area contributed by atoms with Crippen LogP contribution in [0, 0.1) is 0 Å². The number of ether oxygens (including phenoxy) is 2. The average molecular weight is 470 g/mol. The molecule has 7 heteroatoms. The number of hydrogen-bond acceptors (Lipinski definition) is 4. The average Bonchev–Trinajstić information content (AvgIpc) is 2.83. The Morgan fingerprint density at radius 1 is 0.971 bits per heavy atom. The first-order chi connectivity index (χ1) is 16.3. The van der Waals surface area contributed by atoms with Crippen molar-refractivity contribution >= 4 is 16.7 Å². The molecule has 0 saturated carbocycles. The van der Waals surface area contributed by atoms with Gasteiger partial charge in [0.05, 0.1) is 19.8 Å². The third-order valence-corrected chi connectivity index (χ3v) is 6.50. The van der Waals surface area contributed by atoms with Gasteiger partial charge in [-0.1, -0.05) is 42.5 Å². The fourth-order valence-electron chi connectivity index (χ4n) is 4.72. The zero-order chi connectivity index (χ0) is 24.3. The van der Waals surface area contributed by atoms with Crippen molar-refractivity contribution in [2.45, 2.75) is 38.2 Å². The van der Waals surface area contributed by atoms with Gasteiger partial charge in [0.2, 0.25) is 0 Å². The molecular weight excluding hydrogens is 440 g/mol. The summed E-state index contributed by atoms with van der Waals surface area (Å²) < 4.78 is 38.8. The van der Waals surface area contributed by atoms with Gasteiger partial charge in [0.25, 0.3) is 5.92 Å². The lowest BCUT2D eigenvalue weighted by Crippen LogP contribution is -2.38. The molecule has 0 radical (unpaired) electrons. The van der Waals surface area contributed by atoms with E-state index in [0.29, 0.717) is 37.6 Å². The van der Waals surface area contributed by atoms with Gasteiger partial charge >= 0.3 is 5.97 Å². The maximum absolute atomic E-state index is 13.6. The third kappa shape index (κ3) is 4.99. The van der Waals surface area contributed by atoms with Crippen molar-refractivity contribution < 1.29 is 28.2 Å². The van der Waals surface area contributed by atoms with E-state index in [1.165, 1.54) is 0 Å². The van der Waals surface area contributed by atoms with Crippen molar-refractivity contribution in [2.24, 2.45) is 0 Å². The number of fused-ring (bicyclic) bond motifs is 1. The molecule has 1 fully saturated rings. The Kier molecular flexibility index (Phi) is 7.03. The van der Waals surface area contributed by atoms with Crippen LogP contribution in [0.3, 0.4) is 0 Å². The number of carboxylic acid groups (broad SMARTS) is 1. The van der Waals surface area contributed by atoms with Gasteiger partial charge in [-0.3, -0.25) is 9.69 Å². The van der Waals surface area contributed by atoms with E-state index in [0.717, 1.165) is 33.0 Å². The monoisotopic (exact) mass is 469 g/mol. The minimum absolute atomic E-state index is 0.0559. The Labute approximate surface area is 197 Å². The highest BCUT2D eigenvalue weighted by molar-refractivity contribution is 6.01. The lowest BCUT2D eigenvalue weighted by atomic mass is 9.92. The van der Waals surface area contributed by atoms with Crippen molar-refractivity contribution in [1.82, 2.24) is 4.90 Å². The number of piperidine rings is 1. The zero-order valence-corrected chi connectivity index (χ0v) is 19.4. The van der Waals surface area contributed by atoms with E-state index >= 15 is 0 Å². The molecule has 0 aromatic heterocycles. The number of halogens is 2. The molecular formula is C27H29F2NO4. The van der Waals surface area contributed by atoms with Gasteiger partial charge in [-0.2, -0.15) is 0 Å². The fraction of sp³-hybridized carbons (Fsp3) is 0.370. The normalized spacial score (nSPS) is 15.9. The van der Waals surface area contributed by atoms with Crippen LogP contribution in [0.25, 0.3) is 21.9 Å². The van der Waals surface area contributed by atoms with Crippen LogP contribution in [-0.2, 0) is 17.8 Å². The van der Waals surface area contributed by atoms with Crippen LogP contribution in [0.2, 0.25) is 0 Å².